The van der Waals surface area contributed by atoms with Crippen molar-refractivity contribution in [3.05, 3.63) is 71.2 Å². The first-order chi connectivity index (χ1) is 20.1. The van der Waals surface area contributed by atoms with E-state index >= 15 is 0 Å². The van der Waals surface area contributed by atoms with Crippen molar-refractivity contribution in [3.63, 3.8) is 0 Å². The van der Waals surface area contributed by atoms with Gasteiger partial charge in [0.05, 0.1) is 13.2 Å². The molecule has 0 saturated carbocycles. The van der Waals surface area contributed by atoms with Crippen LogP contribution in [0.2, 0.25) is 5.04 Å². The summed E-state index contributed by atoms with van der Waals surface area (Å²) >= 11 is 6.00. The average Bonchev–Trinajstić information content (AvgIpc) is 2.92. The van der Waals surface area contributed by atoms with Crippen LogP contribution in [0.5, 0.6) is 0 Å². The van der Waals surface area contributed by atoms with Crippen molar-refractivity contribution in [2.45, 2.75) is 97.9 Å². The number of allylic oxidation sites excluding steroid dienone is 5. The van der Waals surface area contributed by atoms with Gasteiger partial charge in [0.2, 0.25) is 21.6 Å². The van der Waals surface area contributed by atoms with Gasteiger partial charge in [0.15, 0.2) is 5.76 Å². The van der Waals surface area contributed by atoms with Crippen molar-refractivity contribution in [3.8, 4) is 0 Å². The molecule has 10 heteroatoms. The van der Waals surface area contributed by atoms with Crippen molar-refractivity contribution in [2.75, 3.05) is 7.11 Å². The van der Waals surface area contributed by atoms with Gasteiger partial charge in [-0.05, 0) is 49.9 Å². The van der Waals surface area contributed by atoms with Gasteiger partial charge < -0.3 is 24.5 Å². The Morgan fingerprint density at radius 2 is 1.84 bits per heavy atom. The number of ether oxygens (including phenoxy) is 2. The molecule has 4 atom stereocenters. The Morgan fingerprint density at radius 1 is 1.16 bits per heavy atom. The molecule has 1 aliphatic rings. The number of amides is 2. The number of carbonyl (C=O) groups is 3. The average molecular weight is 633 g/mol. The predicted molar refractivity (Wildman–Crippen MR) is 174 cm³/mol. The van der Waals surface area contributed by atoms with Gasteiger partial charge in [-0.25, -0.2) is 4.79 Å². The largest absolute Gasteiger partial charge is 0.490 e. The minimum Gasteiger partial charge on any atom is -0.490 e. The van der Waals surface area contributed by atoms with Gasteiger partial charge in [0.25, 0.3) is 0 Å². The Labute approximate surface area is 265 Å². The van der Waals surface area contributed by atoms with Crippen LogP contribution in [-0.2, 0) is 28.3 Å². The Bertz CT molecular complexity index is 1110. The maximum atomic E-state index is 12.8. The number of cyclic esters (lactones) is 1. The van der Waals surface area contributed by atoms with Gasteiger partial charge in [-0.1, -0.05) is 95.2 Å². The Morgan fingerprint density at radius 3 is 2.42 bits per heavy atom. The molecule has 2 amide bonds. The highest BCUT2D eigenvalue weighted by molar-refractivity contribution is 6.31. The van der Waals surface area contributed by atoms with Crippen LogP contribution in [0.3, 0.4) is 0 Å². The van der Waals surface area contributed by atoms with Gasteiger partial charge in [-0.2, -0.15) is 0 Å². The van der Waals surface area contributed by atoms with E-state index in [0.717, 1.165) is 5.57 Å². The zero-order chi connectivity index (χ0) is 32.6. The first kappa shape index (κ1) is 38.1. The Kier molecular flexibility index (Phi) is 17.2. The molecule has 43 heavy (non-hydrogen) atoms. The second-order valence-corrected chi connectivity index (χ2v) is 14.5. The van der Waals surface area contributed by atoms with E-state index in [1.807, 2.05) is 58.9 Å². The second-order valence-electron chi connectivity index (χ2n) is 11.9. The second kappa shape index (κ2) is 19.4. The molecule has 0 saturated heterocycles. The lowest BCUT2D eigenvalue weighted by molar-refractivity contribution is -0.151. The molecule has 0 aromatic heterocycles. The summed E-state index contributed by atoms with van der Waals surface area (Å²) in [5.74, 6) is -0.990. The van der Waals surface area contributed by atoms with Crippen molar-refractivity contribution >= 4 is 39.1 Å². The van der Waals surface area contributed by atoms with Crippen LogP contribution in [0.25, 0.3) is 0 Å². The molecular weight excluding hydrogens is 584 g/mol. The lowest BCUT2D eigenvalue weighted by atomic mass is 9.97. The zero-order valence-electron chi connectivity index (χ0n) is 27.0. The first-order valence-electron chi connectivity index (χ1n) is 14.6. The third kappa shape index (κ3) is 16.5. The van der Waals surface area contributed by atoms with E-state index in [1.165, 1.54) is 13.2 Å². The fraction of sp³-hybridized carbons (Fsp3) is 0.545. The van der Waals surface area contributed by atoms with E-state index in [0.29, 0.717) is 34.1 Å². The fourth-order valence-electron chi connectivity index (χ4n) is 3.90. The van der Waals surface area contributed by atoms with Crippen molar-refractivity contribution in [1.82, 2.24) is 10.6 Å². The van der Waals surface area contributed by atoms with Crippen LogP contribution in [0.1, 0.15) is 74.7 Å². The highest BCUT2D eigenvalue weighted by Gasteiger charge is 2.27. The van der Waals surface area contributed by atoms with E-state index < -0.39 is 12.0 Å². The number of carbonyl (C=O) groups excluding carboxylic acids is 3. The van der Waals surface area contributed by atoms with Gasteiger partial charge in [-0.15, -0.1) is 0 Å². The molecule has 238 valence electrons. The van der Waals surface area contributed by atoms with E-state index in [9.17, 15) is 14.4 Å². The Hall–Kier alpha value is -2.88. The third-order valence-corrected chi connectivity index (χ3v) is 7.45. The van der Waals surface area contributed by atoms with Gasteiger partial charge >= 0.3 is 5.97 Å². The lowest BCUT2D eigenvalue weighted by Crippen LogP contribution is -2.48. The number of methoxy groups -OCH3 is 1. The highest BCUT2D eigenvalue weighted by Crippen LogP contribution is 2.23. The summed E-state index contributed by atoms with van der Waals surface area (Å²) in [6.07, 6.45) is 17.3. The monoisotopic (exact) mass is 632 g/mol. The molecule has 0 fully saturated rings. The zero-order valence-corrected chi connectivity index (χ0v) is 28.8. The fourth-order valence-corrected chi connectivity index (χ4v) is 4.70. The molecule has 8 nitrogen and oxygen atoms in total. The molecule has 0 aromatic carbocycles. The number of hydrogen-bond donors (Lipinski definition) is 2. The molecule has 1 heterocycles. The molecule has 1 aliphatic heterocycles. The van der Waals surface area contributed by atoms with Crippen LogP contribution < -0.4 is 10.6 Å². The summed E-state index contributed by atoms with van der Waals surface area (Å²) in [6.45, 7) is 15.9. The van der Waals surface area contributed by atoms with Crippen molar-refractivity contribution < 1.29 is 28.3 Å². The third-order valence-electron chi connectivity index (χ3n) is 6.23. The van der Waals surface area contributed by atoms with E-state index in [-0.39, 0.29) is 46.7 Å². The maximum absolute atomic E-state index is 12.8. The first-order valence-corrected chi connectivity index (χ1v) is 15.9. The summed E-state index contributed by atoms with van der Waals surface area (Å²) in [7, 11) is 1.79. The molecule has 0 spiro atoms. The normalized spacial score (nSPS) is 19.0. The molecule has 0 aliphatic carbocycles. The highest BCUT2D eigenvalue weighted by atomic mass is 35.5. The standard InChI is InChI=1S/C33H49ClN2O6Si/c1-22(2)30(31(38)35-20-12-14-26(17-16-25(5)34)42-43-33(6,7)8)36-29(37)15-11-10-13-23(3)21-24(4)27-18-19-28(40-9)32(39)41-27/h10-13,15-16,19-22,24,26-27,30H,14,17-18H2,1-9H3,(H,35,38)(H,36,37)/b13-10-,15-11-,20-12-,23-21+,25-16+/t24-,26+,27?,30-/m0/s1. The molecule has 0 aromatic rings. The molecule has 2 N–H and O–H groups in total. The summed E-state index contributed by atoms with van der Waals surface area (Å²) < 4.78 is 16.5. The van der Waals surface area contributed by atoms with Crippen LogP contribution in [0.4, 0.5) is 0 Å². The smallest absolute Gasteiger partial charge is 0.373 e. The number of nitrogens with one attached hydrogen (secondary N) is 2. The number of halogens is 1. The molecule has 1 unspecified atom stereocenters. The van der Waals surface area contributed by atoms with Gasteiger partial charge in [0, 0.05) is 23.4 Å². The maximum Gasteiger partial charge on any atom is 0.373 e. The number of hydrogen-bond acceptors (Lipinski definition) is 6. The molecule has 0 bridgehead atoms. The predicted octanol–water partition coefficient (Wildman–Crippen LogP) is 6.44. The van der Waals surface area contributed by atoms with Gasteiger partial charge in [-0.3, -0.25) is 9.59 Å². The minimum absolute atomic E-state index is 0.00356. The Balaban J connectivity index is 2.64. The summed E-state index contributed by atoms with van der Waals surface area (Å²) in [5, 5.41) is 6.35. The topological polar surface area (TPSA) is 103 Å². The van der Waals surface area contributed by atoms with Crippen molar-refractivity contribution in [1.29, 1.82) is 0 Å². The minimum atomic E-state index is -0.699. The van der Waals surface area contributed by atoms with Crippen LogP contribution in [0.15, 0.2) is 71.2 Å². The summed E-state index contributed by atoms with van der Waals surface area (Å²) in [4.78, 5) is 37.3. The number of rotatable bonds is 16. The van der Waals surface area contributed by atoms with Crippen LogP contribution in [0, 0.1) is 11.8 Å². The molecule has 2 radical (unpaired) electrons. The quantitative estimate of drug-likeness (QED) is 0.0878. The SMILES string of the molecule is COC1=CCC([C@@H](C)/C=C(C)/C=C\C=C/C(=O)N[C@H](C(=O)N/C=C\C[C@H](C/C=C(\C)Cl)O[Si]C(C)(C)C)C(C)C)OC1=O. The van der Waals surface area contributed by atoms with Crippen LogP contribution >= 0.6 is 11.6 Å². The van der Waals surface area contributed by atoms with E-state index in [4.69, 9.17) is 25.5 Å². The van der Waals surface area contributed by atoms with Crippen molar-refractivity contribution in [2.24, 2.45) is 11.8 Å². The van der Waals surface area contributed by atoms with Crippen LogP contribution in [-0.4, -0.2) is 52.9 Å². The van der Waals surface area contributed by atoms with E-state index in [2.05, 4.69) is 31.4 Å². The lowest BCUT2D eigenvalue weighted by Gasteiger charge is -2.25. The molecular formula is C33H49ClN2O6Si. The number of esters is 1. The van der Waals surface area contributed by atoms with Gasteiger partial charge in [0.1, 0.15) is 12.1 Å². The molecule has 1 rings (SSSR count). The summed E-state index contributed by atoms with van der Waals surface area (Å²) in [6, 6.07) is -0.699. The van der Waals surface area contributed by atoms with E-state index in [1.54, 1.807) is 24.4 Å². The summed E-state index contributed by atoms with van der Waals surface area (Å²) in [5.41, 5.74) is 0.960.